The highest BCUT2D eigenvalue weighted by atomic mass is 79.9. The molecule has 2 rings (SSSR count). The zero-order valence-electron chi connectivity index (χ0n) is 10.7. The molecule has 2 aromatic rings. The molecule has 5 heteroatoms. The van der Waals surface area contributed by atoms with Crippen LogP contribution in [-0.2, 0) is 0 Å². The standard InChI is InChI=1S/C14H16Br2N2O/c1-2-5-17-7-8-19-14-12(16)9-11(15)10-4-3-6-18-13(10)14/h3-4,6,9,17H,2,5,7-8H2,1H3. The molecule has 0 fully saturated rings. The predicted molar refractivity (Wildman–Crippen MR) is 85.8 cm³/mol. The summed E-state index contributed by atoms with van der Waals surface area (Å²) in [4.78, 5) is 4.41. The van der Waals surface area contributed by atoms with Crippen molar-refractivity contribution in [1.29, 1.82) is 0 Å². The van der Waals surface area contributed by atoms with Gasteiger partial charge < -0.3 is 10.1 Å². The van der Waals surface area contributed by atoms with Gasteiger partial charge in [0.25, 0.3) is 0 Å². The number of fused-ring (bicyclic) bond motifs is 1. The quantitative estimate of drug-likeness (QED) is 0.756. The number of rotatable bonds is 6. The van der Waals surface area contributed by atoms with Crippen LogP contribution in [0.2, 0.25) is 0 Å². The molecule has 0 aliphatic heterocycles. The van der Waals surface area contributed by atoms with E-state index >= 15 is 0 Å². The van der Waals surface area contributed by atoms with E-state index in [0.717, 1.165) is 45.1 Å². The molecule has 0 spiro atoms. The lowest BCUT2D eigenvalue weighted by atomic mass is 10.2. The van der Waals surface area contributed by atoms with Gasteiger partial charge >= 0.3 is 0 Å². The van der Waals surface area contributed by atoms with Gasteiger partial charge in [0.1, 0.15) is 12.1 Å². The Bertz CT molecular complexity index is 560. The number of pyridine rings is 1. The Labute approximate surface area is 130 Å². The van der Waals surface area contributed by atoms with Crippen molar-refractivity contribution in [3.63, 3.8) is 0 Å². The largest absolute Gasteiger partial charge is 0.489 e. The van der Waals surface area contributed by atoms with E-state index in [1.165, 1.54) is 0 Å². The average Bonchev–Trinajstić information content (AvgIpc) is 2.42. The van der Waals surface area contributed by atoms with Crippen LogP contribution in [0.4, 0.5) is 0 Å². The summed E-state index contributed by atoms with van der Waals surface area (Å²) in [5.74, 6) is 0.803. The van der Waals surface area contributed by atoms with Crippen molar-refractivity contribution < 1.29 is 4.74 Å². The molecule has 1 aromatic carbocycles. The second-order valence-electron chi connectivity index (χ2n) is 4.17. The molecular formula is C14H16Br2N2O. The summed E-state index contributed by atoms with van der Waals surface area (Å²) >= 11 is 7.08. The molecule has 0 aliphatic carbocycles. The minimum atomic E-state index is 0.631. The van der Waals surface area contributed by atoms with E-state index in [0.29, 0.717) is 6.61 Å². The highest BCUT2D eigenvalue weighted by Crippen LogP contribution is 2.37. The Hall–Kier alpha value is -0.650. The lowest BCUT2D eigenvalue weighted by Crippen LogP contribution is -2.21. The lowest BCUT2D eigenvalue weighted by molar-refractivity contribution is 0.315. The first-order chi connectivity index (χ1) is 9.24. The summed E-state index contributed by atoms with van der Waals surface area (Å²) in [6.45, 7) is 4.64. The van der Waals surface area contributed by atoms with E-state index in [1.54, 1.807) is 6.20 Å². The highest BCUT2D eigenvalue weighted by molar-refractivity contribution is 9.11. The molecule has 0 aliphatic rings. The summed E-state index contributed by atoms with van der Waals surface area (Å²) in [5, 5.41) is 4.37. The molecule has 0 amide bonds. The molecule has 0 bridgehead atoms. The molecule has 102 valence electrons. The van der Waals surface area contributed by atoms with Crippen molar-refractivity contribution in [3.8, 4) is 5.75 Å². The van der Waals surface area contributed by atoms with E-state index in [1.807, 2.05) is 18.2 Å². The Morgan fingerprint density at radius 1 is 1.26 bits per heavy atom. The molecule has 1 N–H and O–H groups in total. The number of aromatic nitrogens is 1. The third-order valence-electron chi connectivity index (χ3n) is 2.70. The van der Waals surface area contributed by atoms with Gasteiger partial charge in [0.15, 0.2) is 5.75 Å². The topological polar surface area (TPSA) is 34.1 Å². The first-order valence-corrected chi connectivity index (χ1v) is 7.89. The molecule has 0 atom stereocenters. The van der Waals surface area contributed by atoms with E-state index in [-0.39, 0.29) is 0 Å². The van der Waals surface area contributed by atoms with Crippen LogP contribution in [0, 0.1) is 0 Å². The van der Waals surface area contributed by atoms with Crippen LogP contribution in [0.15, 0.2) is 33.3 Å². The number of hydrogen-bond acceptors (Lipinski definition) is 3. The lowest BCUT2D eigenvalue weighted by Gasteiger charge is -2.12. The number of hydrogen-bond donors (Lipinski definition) is 1. The SMILES string of the molecule is CCCNCCOc1c(Br)cc(Br)c2cccnc12. The molecular weight excluding hydrogens is 372 g/mol. The molecule has 1 aromatic heterocycles. The van der Waals surface area contributed by atoms with E-state index in [2.05, 4.69) is 49.1 Å². The van der Waals surface area contributed by atoms with Crippen molar-refractivity contribution in [3.05, 3.63) is 33.3 Å². The zero-order valence-corrected chi connectivity index (χ0v) is 13.9. The smallest absolute Gasteiger partial charge is 0.159 e. The van der Waals surface area contributed by atoms with Crippen molar-refractivity contribution in [2.24, 2.45) is 0 Å². The van der Waals surface area contributed by atoms with Crippen LogP contribution < -0.4 is 10.1 Å². The van der Waals surface area contributed by atoms with E-state index in [4.69, 9.17) is 4.74 Å². The summed E-state index contributed by atoms with van der Waals surface area (Å²) in [6.07, 6.45) is 2.91. The summed E-state index contributed by atoms with van der Waals surface area (Å²) in [6, 6.07) is 5.95. The molecule has 0 radical (unpaired) electrons. The summed E-state index contributed by atoms with van der Waals surface area (Å²) in [5.41, 5.74) is 0.874. The van der Waals surface area contributed by atoms with Crippen molar-refractivity contribution >= 4 is 42.8 Å². The zero-order chi connectivity index (χ0) is 13.7. The second-order valence-corrected chi connectivity index (χ2v) is 5.88. The molecule has 19 heavy (non-hydrogen) atoms. The third-order valence-corrected chi connectivity index (χ3v) is 3.95. The van der Waals surface area contributed by atoms with Crippen LogP contribution in [0.25, 0.3) is 10.9 Å². The van der Waals surface area contributed by atoms with Gasteiger partial charge in [0, 0.05) is 22.6 Å². The van der Waals surface area contributed by atoms with Gasteiger partial charge in [-0.1, -0.05) is 28.9 Å². The van der Waals surface area contributed by atoms with Crippen molar-refractivity contribution in [2.45, 2.75) is 13.3 Å². The van der Waals surface area contributed by atoms with Crippen LogP contribution >= 0.6 is 31.9 Å². The number of nitrogens with one attached hydrogen (secondary N) is 1. The number of halogens is 2. The summed E-state index contributed by atoms with van der Waals surface area (Å²) < 4.78 is 7.79. The van der Waals surface area contributed by atoms with Crippen molar-refractivity contribution in [1.82, 2.24) is 10.3 Å². The fourth-order valence-corrected chi connectivity index (χ4v) is 3.20. The van der Waals surface area contributed by atoms with Gasteiger partial charge in [-0.2, -0.15) is 0 Å². The fourth-order valence-electron chi connectivity index (χ4n) is 1.81. The van der Waals surface area contributed by atoms with Crippen LogP contribution in [0.5, 0.6) is 5.75 Å². The number of nitrogens with zero attached hydrogens (tertiary/aromatic N) is 1. The first kappa shape index (κ1) is 14.8. The Balaban J connectivity index is 2.18. The van der Waals surface area contributed by atoms with Crippen LogP contribution in [-0.4, -0.2) is 24.7 Å². The summed E-state index contributed by atoms with van der Waals surface area (Å²) in [7, 11) is 0. The Morgan fingerprint density at radius 3 is 2.89 bits per heavy atom. The molecule has 1 heterocycles. The van der Waals surface area contributed by atoms with E-state index in [9.17, 15) is 0 Å². The minimum Gasteiger partial charge on any atom is -0.489 e. The van der Waals surface area contributed by atoms with Crippen molar-refractivity contribution in [2.75, 3.05) is 19.7 Å². The van der Waals surface area contributed by atoms with Gasteiger partial charge in [0.2, 0.25) is 0 Å². The molecule has 3 nitrogen and oxygen atoms in total. The first-order valence-electron chi connectivity index (χ1n) is 6.30. The van der Waals surface area contributed by atoms with Gasteiger partial charge in [0.05, 0.1) is 4.47 Å². The average molecular weight is 388 g/mol. The molecule has 0 saturated carbocycles. The monoisotopic (exact) mass is 386 g/mol. The maximum Gasteiger partial charge on any atom is 0.159 e. The number of benzene rings is 1. The van der Waals surface area contributed by atoms with Gasteiger partial charge in [-0.25, -0.2) is 0 Å². The van der Waals surface area contributed by atoms with Gasteiger partial charge in [-0.05, 0) is 41.0 Å². The Morgan fingerprint density at radius 2 is 2.11 bits per heavy atom. The maximum atomic E-state index is 5.86. The minimum absolute atomic E-state index is 0.631. The number of ether oxygens (including phenoxy) is 1. The van der Waals surface area contributed by atoms with Gasteiger partial charge in [-0.3, -0.25) is 4.98 Å². The maximum absolute atomic E-state index is 5.86. The van der Waals surface area contributed by atoms with Gasteiger partial charge in [-0.15, -0.1) is 0 Å². The van der Waals surface area contributed by atoms with Crippen LogP contribution in [0.1, 0.15) is 13.3 Å². The van der Waals surface area contributed by atoms with Crippen LogP contribution in [0.3, 0.4) is 0 Å². The van der Waals surface area contributed by atoms with E-state index < -0.39 is 0 Å². The second kappa shape index (κ2) is 7.22. The highest BCUT2D eigenvalue weighted by Gasteiger charge is 2.11. The fraction of sp³-hybridized carbons (Fsp3) is 0.357. The predicted octanol–water partition coefficient (Wildman–Crippen LogP) is 4.14. The normalized spacial score (nSPS) is 10.9. The molecule has 0 saturated heterocycles. The third kappa shape index (κ3) is 3.68. The Kier molecular flexibility index (Phi) is 5.60. The molecule has 0 unspecified atom stereocenters.